The van der Waals surface area contributed by atoms with Gasteiger partial charge in [-0.2, -0.15) is 5.26 Å². The summed E-state index contributed by atoms with van der Waals surface area (Å²) in [6, 6.07) is 10.4. The van der Waals surface area contributed by atoms with Crippen molar-refractivity contribution in [2.24, 2.45) is 5.92 Å². The fourth-order valence-corrected chi connectivity index (χ4v) is 2.37. The van der Waals surface area contributed by atoms with E-state index in [1.165, 1.54) is 5.56 Å². The Morgan fingerprint density at radius 2 is 2.20 bits per heavy atom. The quantitative estimate of drug-likeness (QED) is 0.912. The minimum atomic E-state index is -0.809. The minimum absolute atomic E-state index is 0.0716. The van der Waals surface area contributed by atoms with Crippen molar-refractivity contribution in [2.45, 2.75) is 32.7 Å². The van der Waals surface area contributed by atoms with Crippen molar-refractivity contribution in [3.05, 3.63) is 29.8 Å². The van der Waals surface area contributed by atoms with Crippen molar-refractivity contribution >= 4 is 11.6 Å². The number of amides is 1. The summed E-state index contributed by atoms with van der Waals surface area (Å²) in [5, 5.41) is 12.1. The van der Waals surface area contributed by atoms with Crippen LogP contribution in [0, 0.1) is 17.2 Å². The molecule has 4 heteroatoms. The number of benzene rings is 1. The smallest absolute Gasteiger partial charge is 0.240 e. The van der Waals surface area contributed by atoms with E-state index in [4.69, 9.17) is 0 Å². The zero-order chi connectivity index (χ0) is 14.8. The largest absolute Gasteiger partial charge is 0.362 e. The Bertz CT molecular complexity index is 547. The molecule has 0 unspecified atom stereocenters. The molecule has 2 rings (SSSR count). The van der Waals surface area contributed by atoms with Gasteiger partial charge in [0.1, 0.15) is 5.54 Å². The Morgan fingerprint density at radius 3 is 2.85 bits per heavy atom. The molecule has 1 amide bonds. The summed E-state index contributed by atoms with van der Waals surface area (Å²) in [5.74, 6) is -0.0261. The van der Waals surface area contributed by atoms with Crippen LogP contribution in [0.25, 0.3) is 0 Å². The molecule has 1 N–H and O–H groups in total. The second-order valence-corrected chi connectivity index (χ2v) is 5.82. The molecule has 106 valence electrons. The van der Waals surface area contributed by atoms with Gasteiger partial charge < -0.3 is 10.2 Å². The van der Waals surface area contributed by atoms with Crippen molar-refractivity contribution in [1.82, 2.24) is 5.32 Å². The molecule has 4 nitrogen and oxygen atoms in total. The van der Waals surface area contributed by atoms with E-state index in [1.54, 1.807) is 6.92 Å². The highest BCUT2D eigenvalue weighted by Crippen LogP contribution is 2.27. The van der Waals surface area contributed by atoms with Crippen LogP contribution in [0.1, 0.15) is 26.3 Å². The maximum absolute atomic E-state index is 12.2. The van der Waals surface area contributed by atoms with Crippen molar-refractivity contribution in [3.8, 4) is 6.07 Å². The van der Waals surface area contributed by atoms with Crippen LogP contribution in [-0.4, -0.2) is 24.5 Å². The zero-order valence-electron chi connectivity index (χ0n) is 12.3. The summed E-state index contributed by atoms with van der Waals surface area (Å²) in [7, 11) is 0. The molecular weight excluding hydrogens is 250 g/mol. The van der Waals surface area contributed by atoms with Crippen LogP contribution in [0.5, 0.6) is 0 Å². The molecule has 1 aliphatic rings. The highest BCUT2D eigenvalue weighted by atomic mass is 16.2. The lowest BCUT2D eigenvalue weighted by molar-refractivity contribution is -0.121. The summed E-state index contributed by atoms with van der Waals surface area (Å²) in [6.45, 7) is 6.82. The number of nitriles is 1. The molecule has 0 aromatic heterocycles. The van der Waals surface area contributed by atoms with Crippen LogP contribution < -0.4 is 10.2 Å². The number of para-hydroxylation sites is 1. The third kappa shape index (κ3) is 2.77. The van der Waals surface area contributed by atoms with Gasteiger partial charge in [0.15, 0.2) is 0 Å². The van der Waals surface area contributed by atoms with E-state index < -0.39 is 5.54 Å². The third-order valence-electron chi connectivity index (χ3n) is 4.10. The van der Waals surface area contributed by atoms with Crippen LogP contribution in [0.2, 0.25) is 0 Å². The molecule has 0 fully saturated rings. The van der Waals surface area contributed by atoms with E-state index in [2.05, 4.69) is 22.4 Å². The Kier molecular flexibility index (Phi) is 3.99. The molecule has 0 spiro atoms. The van der Waals surface area contributed by atoms with Gasteiger partial charge in [0, 0.05) is 12.2 Å². The maximum atomic E-state index is 12.2. The first kappa shape index (κ1) is 14.4. The summed E-state index contributed by atoms with van der Waals surface area (Å²) in [6.07, 6.45) is 0.975. The number of carbonyl (C=O) groups is 1. The summed E-state index contributed by atoms with van der Waals surface area (Å²) in [4.78, 5) is 14.3. The summed E-state index contributed by atoms with van der Waals surface area (Å²) < 4.78 is 0. The molecule has 1 heterocycles. The number of anilines is 1. The minimum Gasteiger partial charge on any atom is -0.362 e. The van der Waals surface area contributed by atoms with Gasteiger partial charge in [-0.15, -0.1) is 0 Å². The van der Waals surface area contributed by atoms with Gasteiger partial charge in [-0.05, 0) is 30.9 Å². The molecular formula is C16H21N3O. The lowest BCUT2D eigenvalue weighted by Gasteiger charge is -2.29. The van der Waals surface area contributed by atoms with Gasteiger partial charge in [0.2, 0.25) is 5.91 Å². The van der Waals surface area contributed by atoms with Crippen molar-refractivity contribution in [2.75, 3.05) is 18.0 Å². The average molecular weight is 271 g/mol. The van der Waals surface area contributed by atoms with Gasteiger partial charge in [0.05, 0.1) is 12.6 Å². The number of carbonyl (C=O) groups excluding carboxylic acids is 1. The topological polar surface area (TPSA) is 56.1 Å². The monoisotopic (exact) mass is 271 g/mol. The summed E-state index contributed by atoms with van der Waals surface area (Å²) >= 11 is 0. The molecule has 0 bridgehead atoms. The van der Waals surface area contributed by atoms with E-state index in [9.17, 15) is 10.1 Å². The van der Waals surface area contributed by atoms with Gasteiger partial charge in [-0.1, -0.05) is 32.0 Å². The lowest BCUT2D eigenvalue weighted by Crippen LogP contribution is -2.51. The van der Waals surface area contributed by atoms with E-state index in [0.717, 1.165) is 18.7 Å². The molecule has 20 heavy (non-hydrogen) atoms. The van der Waals surface area contributed by atoms with Crippen LogP contribution in [-0.2, 0) is 11.2 Å². The van der Waals surface area contributed by atoms with Crippen LogP contribution in [0.4, 0.5) is 5.69 Å². The van der Waals surface area contributed by atoms with Crippen molar-refractivity contribution < 1.29 is 4.79 Å². The van der Waals surface area contributed by atoms with Gasteiger partial charge in [-0.25, -0.2) is 0 Å². The van der Waals surface area contributed by atoms with E-state index in [-0.39, 0.29) is 11.8 Å². The first-order valence-corrected chi connectivity index (χ1v) is 7.01. The van der Waals surface area contributed by atoms with E-state index in [1.807, 2.05) is 32.0 Å². The fraction of sp³-hybridized carbons (Fsp3) is 0.500. The first-order valence-electron chi connectivity index (χ1n) is 7.01. The standard InChI is InChI=1S/C16H21N3O/c1-12(2)16(3,11-17)18-15(20)10-19-9-8-13-6-4-5-7-14(13)19/h4-7,12H,8-10H2,1-3H3,(H,18,20)/t16-/m1/s1. The first-order chi connectivity index (χ1) is 9.46. The maximum Gasteiger partial charge on any atom is 0.240 e. The SMILES string of the molecule is CC(C)[C@@](C)(C#N)NC(=O)CN1CCc2ccccc21. The number of nitrogens with zero attached hydrogens (tertiary/aromatic N) is 2. The molecule has 1 aromatic carbocycles. The van der Waals surface area contributed by atoms with E-state index in [0.29, 0.717) is 6.54 Å². The van der Waals surface area contributed by atoms with Crippen LogP contribution in [0.3, 0.4) is 0 Å². The highest BCUT2D eigenvalue weighted by Gasteiger charge is 2.31. The average Bonchev–Trinajstić information content (AvgIpc) is 2.82. The lowest BCUT2D eigenvalue weighted by atomic mass is 9.90. The molecule has 0 radical (unpaired) electrons. The fourth-order valence-electron chi connectivity index (χ4n) is 2.37. The van der Waals surface area contributed by atoms with Crippen molar-refractivity contribution in [1.29, 1.82) is 5.26 Å². The summed E-state index contributed by atoms with van der Waals surface area (Å²) in [5.41, 5.74) is 1.61. The Balaban J connectivity index is 2.02. The second kappa shape index (κ2) is 5.54. The second-order valence-electron chi connectivity index (χ2n) is 5.82. The van der Waals surface area contributed by atoms with Crippen molar-refractivity contribution in [3.63, 3.8) is 0 Å². The number of hydrogen-bond donors (Lipinski definition) is 1. The third-order valence-corrected chi connectivity index (χ3v) is 4.10. The predicted molar refractivity (Wildman–Crippen MR) is 79.4 cm³/mol. The number of hydrogen-bond acceptors (Lipinski definition) is 3. The zero-order valence-corrected chi connectivity index (χ0v) is 12.3. The molecule has 1 aromatic rings. The highest BCUT2D eigenvalue weighted by molar-refractivity contribution is 5.83. The molecule has 0 aliphatic carbocycles. The molecule has 0 saturated carbocycles. The number of fused-ring (bicyclic) bond motifs is 1. The van der Waals surface area contributed by atoms with Crippen LogP contribution >= 0.6 is 0 Å². The molecule has 1 aliphatic heterocycles. The normalized spacial score (nSPS) is 16.4. The van der Waals surface area contributed by atoms with Gasteiger partial charge in [0.25, 0.3) is 0 Å². The Morgan fingerprint density at radius 1 is 1.50 bits per heavy atom. The Hall–Kier alpha value is -2.02. The molecule has 1 atom stereocenters. The Labute approximate surface area is 120 Å². The van der Waals surface area contributed by atoms with Crippen LogP contribution in [0.15, 0.2) is 24.3 Å². The molecule has 0 saturated heterocycles. The van der Waals surface area contributed by atoms with Gasteiger partial charge in [-0.3, -0.25) is 4.79 Å². The predicted octanol–water partition coefficient (Wildman–Crippen LogP) is 2.10. The number of rotatable bonds is 4. The number of nitrogens with one attached hydrogen (secondary N) is 1. The van der Waals surface area contributed by atoms with E-state index >= 15 is 0 Å². The van der Waals surface area contributed by atoms with Gasteiger partial charge >= 0.3 is 0 Å².